The molecular formula is C16H14BrClFN. The highest BCUT2D eigenvalue weighted by atomic mass is 79.9. The summed E-state index contributed by atoms with van der Waals surface area (Å²) in [5.74, 6) is 0.300. The molecule has 1 N–H and O–H groups in total. The van der Waals surface area contributed by atoms with Gasteiger partial charge >= 0.3 is 0 Å². The van der Waals surface area contributed by atoms with E-state index in [1.54, 1.807) is 12.1 Å². The minimum absolute atomic E-state index is 0.153. The summed E-state index contributed by atoms with van der Waals surface area (Å²) in [6.07, 6.45) is 2.05. The standard InChI is InChI=1S/C16H14BrClFN/c17-15-9-12(18)4-5-16(15)20-14-7-11(8-14)10-2-1-3-13(19)6-10/h1-6,9,11,14,20H,7-8H2. The summed E-state index contributed by atoms with van der Waals surface area (Å²) in [6, 6.07) is 13.1. The molecule has 0 saturated heterocycles. The SMILES string of the molecule is Fc1cccc(C2CC(Nc3ccc(Cl)cc3Br)C2)c1. The van der Waals surface area contributed by atoms with Crippen molar-refractivity contribution in [1.82, 2.24) is 0 Å². The molecule has 0 atom stereocenters. The zero-order valence-electron chi connectivity index (χ0n) is 10.7. The molecule has 104 valence electrons. The Hall–Kier alpha value is -1.06. The maximum atomic E-state index is 13.2. The predicted molar refractivity (Wildman–Crippen MR) is 84.9 cm³/mol. The molecule has 2 aromatic rings. The molecule has 0 amide bonds. The first kappa shape index (κ1) is 13.9. The average Bonchev–Trinajstić information content (AvgIpc) is 2.35. The zero-order valence-corrected chi connectivity index (χ0v) is 13.1. The van der Waals surface area contributed by atoms with Crippen LogP contribution in [-0.4, -0.2) is 6.04 Å². The van der Waals surface area contributed by atoms with Crippen molar-refractivity contribution < 1.29 is 4.39 Å². The number of benzene rings is 2. The van der Waals surface area contributed by atoms with Crippen molar-refractivity contribution in [2.24, 2.45) is 0 Å². The van der Waals surface area contributed by atoms with Crippen molar-refractivity contribution in [2.75, 3.05) is 5.32 Å². The molecule has 0 aromatic heterocycles. The van der Waals surface area contributed by atoms with Gasteiger partial charge in [-0.1, -0.05) is 23.7 Å². The maximum absolute atomic E-state index is 13.2. The highest BCUT2D eigenvalue weighted by Gasteiger charge is 2.30. The van der Waals surface area contributed by atoms with Gasteiger partial charge in [0.2, 0.25) is 0 Å². The molecule has 1 fully saturated rings. The molecule has 2 aromatic carbocycles. The molecule has 1 saturated carbocycles. The van der Waals surface area contributed by atoms with Crippen molar-refractivity contribution in [3.05, 3.63) is 63.3 Å². The summed E-state index contributed by atoms with van der Waals surface area (Å²) in [5.41, 5.74) is 2.15. The lowest BCUT2D eigenvalue weighted by Gasteiger charge is -2.37. The number of halogens is 3. The summed E-state index contributed by atoms with van der Waals surface area (Å²) < 4.78 is 14.2. The minimum atomic E-state index is -0.153. The summed E-state index contributed by atoms with van der Waals surface area (Å²) in [6.45, 7) is 0. The van der Waals surface area contributed by atoms with Crippen LogP contribution < -0.4 is 5.32 Å². The Kier molecular flexibility index (Phi) is 3.99. The van der Waals surface area contributed by atoms with Gasteiger partial charge in [0.05, 0.1) is 0 Å². The van der Waals surface area contributed by atoms with E-state index in [9.17, 15) is 4.39 Å². The first-order valence-corrected chi connectivity index (χ1v) is 7.76. The van der Waals surface area contributed by atoms with E-state index in [0.29, 0.717) is 17.0 Å². The lowest BCUT2D eigenvalue weighted by molar-refractivity contribution is 0.373. The fourth-order valence-corrected chi connectivity index (χ4v) is 3.39. The average molecular weight is 355 g/mol. The molecule has 1 nitrogen and oxygen atoms in total. The first-order valence-electron chi connectivity index (χ1n) is 6.59. The second kappa shape index (κ2) is 5.74. The van der Waals surface area contributed by atoms with Crippen LogP contribution in [-0.2, 0) is 0 Å². The van der Waals surface area contributed by atoms with E-state index < -0.39 is 0 Å². The van der Waals surface area contributed by atoms with Gasteiger partial charge in [-0.25, -0.2) is 4.39 Å². The molecule has 1 aliphatic carbocycles. The van der Waals surface area contributed by atoms with Crippen LogP contribution in [0.4, 0.5) is 10.1 Å². The minimum Gasteiger partial charge on any atom is -0.381 e. The maximum Gasteiger partial charge on any atom is 0.123 e. The molecule has 0 spiro atoms. The molecule has 0 radical (unpaired) electrons. The summed E-state index contributed by atoms with van der Waals surface area (Å²) >= 11 is 9.43. The summed E-state index contributed by atoms with van der Waals surface area (Å²) in [5, 5.41) is 4.21. The normalized spacial score (nSPS) is 21.4. The van der Waals surface area contributed by atoms with Crippen molar-refractivity contribution in [3.63, 3.8) is 0 Å². The Labute approximate surface area is 131 Å². The Morgan fingerprint density at radius 3 is 2.65 bits per heavy atom. The van der Waals surface area contributed by atoms with Gasteiger partial charge in [-0.15, -0.1) is 0 Å². The van der Waals surface area contributed by atoms with E-state index in [2.05, 4.69) is 21.2 Å². The topological polar surface area (TPSA) is 12.0 Å². The van der Waals surface area contributed by atoms with E-state index >= 15 is 0 Å². The second-order valence-corrected chi connectivity index (χ2v) is 6.48. The molecule has 0 heterocycles. The molecule has 0 unspecified atom stereocenters. The van der Waals surface area contributed by atoms with Gasteiger partial charge in [-0.3, -0.25) is 0 Å². The molecule has 20 heavy (non-hydrogen) atoms. The van der Waals surface area contributed by atoms with Crippen molar-refractivity contribution in [3.8, 4) is 0 Å². The third-order valence-electron chi connectivity index (χ3n) is 3.75. The number of nitrogens with one attached hydrogen (secondary N) is 1. The van der Waals surface area contributed by atoms with Crippen LogP contribution in [0, 0.1) is 5.82 Å². The van der Waals surface area contributed by atoms with Gasteiger partial charge in [0, 0.05) is 21.2 Å². The van der Waals surface area contributed by atoms with Crippen molar-refractivity contribution >= 4 is 33.2 Å². The molecule has 3 rings (SSSR count). The van der Waals surface area contributed by atoms with Crippen LogP contribution in [0.3, 0.4) is 0 Å². The van der Waals surface area contributed by atoms with E-state index in [-0.39, 0.29) is 5.82 Å². The largest absolute Gasteiger partial charge is 0.381 e. The van der Waals surface area contributed by atoms with Crippen LogP contribution in [0.15, 0.2) is 46.9 Å². The number of hydrogen-bond acceptors (Lipinski definition) is 1. The van der Waals surface area contributed by atoms with E-state index in [1.165, 1.54) is 6.07 Å². The zero-order chi connectivity index (χ0) is 14.1. The molecular weight excluding hydrogens is 341 g/mol. The van der Waals surface area contributed by atoms with Crippen LogP contribution in [0.2, 0.25) is 5.02 Å². The van der Waals surface area contributed by atoms with Gasteiger partial charge in [0.1, 0.15) is 5.82 Å². The van der Waals surface area contributed by atoms with Crippen LogP contribution >= 0.6 is 27.5 Å². The summed E-state index contributed by atoms with van der Waals surface area (Å²) in [7, 11) is 0. The Morgan fingerprint density at radius 1 is 1.15 bits per heavy atom. The summed E-state index contributed by atoms with van der Waals surface area (Å²) in [4.78, 5) is 0. The van der Waals surface area contributed by atoms with Crippen molar-refractivity contribution in [2.45, 2.75) is 24.8 Å². The molecule has 0 bridgehead atoms. The monoisotopic (exact) mass is 353 g/mol. The first-order chi connectivity index (χ1) is 9.61. The molecule has 4 heteroatoms. The quantitative estimate of drug-likeness (QED) is 0.756. The van der Waals surface area contributed by atoms with E-state index in [0.717, 1.165) is 28.6 Å². The van der Waals surface area contributed by atoms with Gasteiger partial charge in [0.25, 0.3) is 0 Å². The highest BCUT2D eigenvalue weighted by molar-refractivity contribution is 9.10. The molecule has 0 aliphatic heterocycles. The smallest absolute Gasteiger partial charge is 0.123 e. The van der Waals surface area contributed by atoms with Gasteiger partial charge < -0.3 is 5.32 Å². The predicted octanol–water partition coefficient (Wildman–Crippen LogP) is 5.60. The third kappa shape index (κ3) is 2.99. The Bertz CT molecular complexity index is 626. The highest BCUT2D eigenvalue weighted by Crippen LogP contribution is 2.39. The van der Waals surface area contributed by atoms with Crippen LogP contribution in [0.5, 0.6) is 0 Å². The van der Waals surface area contributed by atoms with Gasteiger partial charge in [0.15, 0.2) is 0 Å². The van der Waals surface area contributed by atoms with E-state index in [1.807, 2.05) is 24.3 Å². The fraction of sp³-hybridized carbons (Fsp3) is 0.250. The van der Waals surface area contributed by atoms with E-state index in [4.69, 9.17) is 11.6 Å². The fourth-order valence-electron chi connectivity index (χ4n) is 2.59. The molecule has 1 aliphatic rings. The van der Waals surface area contributed by atoms with Crippen LogP contribution in [0.1, 0.15) is 24.3 Å². The van der Waals surface area contributed by atoms with Gasteiger partial charge in [-0.2, -0.15) is 0 Å². The Morgan fingerprint density at radius 2 is 1.95 bits per heavy atom. The van der Waals surface area contributed by atoms with Crippen molar-refractivity contribution in [1.29, 1.82) is 0 Å². The second-order valence-electron chi connectivity index (χ2n) is 5.19. The lowest BCUT2D eigenvalue weighted by atomic mass is 9.76. The lowest BCUT2D eigenvalue weighted by Crippen LogP contribution is -2.34. The third-order valence-corrected chi connectivity index (χ3v) is 4.64. The Balaban J connectivity index is 1.61. The number of anilines is 1. The van der Waals surface area contributed by atoms with Crippen LogP contribution in [0.25, 0.3) is 0 Å². The number of rotatable bonds is 3. The van der Waals surface area contributed by atoms with Gasteiger partial charge in [-0.05, 0) is 70.6 Å². The number of hydrogen-bond donors (Lipinski definition) is 1.